The van der Waals surface area contributed by atoms with E-state index in [9.17, 15) is 0 Å². The molecule has 1 N–H and O–H groups in total. The number of hydrogen-bond donors (Lipinski definition) is 1. The summed E-state index contributed by atoms with van der Waals surface area (Å²) in [6.45, 7) is 8.81. The Hall–Kier alpha value is -0.830. The predicted molar refractivity (Wildman–Crippen MR) is 73.2 cm³/mol. The fourth-order valence-electron chi connectivity index (χ4n) is 2.20. The first-order chi connectivity index (χ1) is 8.31. The van der Waals surface area contributed by atoms with Gasteiger partial charge in [-0.2, -0.15) is 0 Å². The number of nitrogens with one attached hydrogen (secondary N) is 1. The topological polar surface area (TPSA) is 29.9 Å². The van der Waals surface area contributed by atoms with Crippen molar-refractivity contribution >= 4 is 0 Å². The molecular weight excluding hydrogens is 210 g/mol. The molecule has 0 aliphatic heterocycles. The van der Waals surface area contributed by atoms with Crippen LogP contribution >= 0.6 is 0 Å². The molecule has 0 spiro atoms. The predicted octanol–water partition coefficient (Wildman–Crippen LogP) is 3.00. The summed E-state index contributed by atoms with van der Waals surface area (Å²) in [5.41, 5.74) is 0. The molecule has 98 valence electrons. The van der Waals surface area contributed by atoms with Gasteiger partial charge in [0.25, 0.3) is 0 Å². The van der Waals surface area contributed by atoms with Crippen LogP contribution in [-0.2, 0) is 13.0 Å². The molecule has 0 aliphatic carbocycles. The lowest BCUT2D eigenvalue weighted by Gasteiger charge is -2.17. The monoisotopic (exact) mass is 237 g/mol. The zero-order valence-corrected chi connectivity index (χ0v) is 11.6. The molecule has 0 radical (unpaired) electrons. The Morgan fingerprint density at radius 1 is 1.24 bits per heavy atom. The Bertz CT molecular complexity index is 293. The number of nitrogens with zero attached hydrogens (tertiary/aromatic N) is 2. The molecule has 0 aromatic carbocycles. The maximum atomic E-state index is 4.43. The number of aryl methyl sites for hydroxylation is 2. The van der Waals surface area contributed by atoms with Gasteiger partial charge in [-0.1, -0.05) is 20.3 Å². The highest BCUT2D eigenvalue weighted by molar-refractivity contribution is 4.93. The van der Waals surface area contributed by atoms with Crippen LogP contribution in [0.5, 0.6) is 0 Å². The Kier molecular flexibility index (Phi) is 6.94. The van der Waals surface area contributed by atoms with Crippen molar-refractivity contribution in [1.82, 2.24) is 14.9 Å². The van der Waals surface area contributed by atoms with Gasteiger partial charge in [-0.25, -0.2) is 4.98 Å². The first kappa shape index (κ1) is 14.2. The van der Waals surface area contributed by atoms with Gasteiger partial charge in [0.1, 0.15) is 5.82 Å². The third kappa shape index (κ3) is 4.90. The summed E-state index contributed by atoms with van der Waals surface area (Å²) in [5, 5.41) is 3.63. The SMILES string of the molecule is CCCNC(CCC)CCc1nccn1CC. The lowest BCUT2D eigenvalue weighted by molar-refractivity contribution is 0.442. The van der Waals surface area contributed by atoms with Crippen LogP contribution in [0, 0.1) is 0 Å². The second kappa shape index (κ2) is 8.29. The molecule has 3 heteroatoms. The van der Waals surface area contributed by atoms with Crippen molar-refractivity contribution in [1.29, 1.82) is 0 Å². The standard InChI is InChI=1S/C14H27N3/c1-4-7-13(15-10-5-2)8-9-14-16-11-12-17(14)6-3/h11-13,15H,4-10H2,1-3H3. The molecule has 0 amide bonds. The van der Waals surface area contributed by atoms with Crippen molar-refractivity contribution in [3.63, 3.8) is 0 Å². The average molecular weight is 237 g/mol. The summed E-state index contributed by atoms with van der Waals surface area (Å²) in [5.74, 6) is 1.23. The van der Waals surface area contributed by atoms with Gasteiger partial charge in [0, 0.05) is 31.4 Å². The van der Waals surface area contributed by atoms with Crippen LogP contribution in [0.2, 0.25) is 0 Å². The van der Waals surface area contributed by atoms with Crippen LogP contribution in [-0.4, -0.2) is 22.1 Å². The molecule has 1 atom stereocenters. The average Bonchev–Trinajstić information content (AvgIpc) is 2.80. The van der Waals surface area contributed by atoms with Crippen LogP contribution in [0.1, 0.15) is 52.3 Å². The van der Waals surface area contributed by atoms with Crippen molar-refractivity contribution < 1.29 is 0 Å². The van der Waals surface area contributed by atoms with Crippen molar-refractivity contribution in [2.75, 3.05) is 6.54 Å². The molecule has 1 aromatic heterocycles. The minimum atomic E-state index is 0.655. The van der Waals surface area contributed by atoms with Gasteiger partial charge in [-0.05, 0) is 32.7 Å². The molecule has 0 saturated carbocycles. The zero-order valence-electron chi connectivity index (χ0n) is 11.6. The quantitative estimate of drug-likeness (QED) is 0.715. The Morgan fingerprint density at radius 2 is 2.06 bits per heavy atom. The highest BCUT2D eigenvalue weighted by Gasteiger charge is 2.09. The highest BCUT2D eigenvalue weighted by atomic mass is 15.1. The summed E-state index contributed by atoms with van der Waals surface area (Å²) < 4.78 is 2.24. The van der Waals surface area contributed by atoms with Gasteiger partial charge in [0.05, 0.1) is 0 Å². The largest absolute Gasteiger partial charge is 0.335 e. The summed E-state index contributed by atoms with van der Waals surface area (Å²) in [4.78, 5) is 4.43. The third-order valence-electron chi connectivity index (χ3n) is 3.18. The number of aromatic nitrogens is 2. The van der Waals surface area contributed by atoms with E-state index in [4.69, 9.17) is 0 Å². The molecule has 1 unspecified atom stereocenters. The normalized spacial score (nSPS) is 12.9. The second-order valence-electron chi connectivity index (χ2n) is 4.61. The third-order valence-corrected chi connectivity index (χ3v) is 3.18. The second-order valence-corrected chi connectivity index (χ2v) is 4.61. The van der Waals surface area contributed by atoms with E-state index in [2.05, 4.69) is 41.8 Å². The highest BCUT2D eigenvalue weighted by Crippen LogP contribution is 2.08. The Morgan fingerprint density at radius 3 is 2.71 bits per heavy atom. The van der Waals surface area contributed by atoms with Gasteiger partial charge in [0.15, 0.2) is 0 Å². The van der Waals surface area contributed by atoms with Crippen molar-refractivity contribution in [2.45, 2.75) is 65.5 Å². The van der Waals surface area contributed by atoms with Crippen molar-refractivity contribution in [3.8, 4) is 0 Å². The van der Waals surface area contributed by atoms with E-state index in [-0.39, 0.29) is 0 Å². The minimum absolute atomic E-state index is 0.655. The fraction of sp³-hybridized carbons (Fsp3) is 0.786. The van der Waals surface area contributed by atoms with Gasteiger partial charge >= 0.3 is 0 Å². The number of imidazole rings is 1. The maximum Gasteiger partial charge on any atom is 0.108 e. The zero-order chi connectivity index (χ0) is 12.5. The van der Waals surface area contributed by atoms with E-state index in [1.54, 1.807) is 0 Å². The Balaban J connectivity index is 2.39. The Labute approximate surface area is 106 Å². The molecular formula is C14H27N3. The molecule has 1 heterocycles. The lowest BCUT2D eigenvalue weighted by Crippen LogP contribution is -2.30. The van der Waals surface area contributed by atoms with E-state index in [0.29, 0.717) is 6.04 Å². The molecule has 1 rings (SSSR count). The van der Waals surface area contributed by atoms with Gasteiger partial charge < -0.3 is 9.88 Å². The summed E-state index contributed by atoms with van der Waals surface area (Å²) >= 11 is 0. The smallest absolute Gasteiger partial charge is 0.108 e. The first-order valence-corrected chi connectivity index (χ1v) is 7.05. The summed E-state index contributed by atoms with van der Waals surface area (Å²) in [6.07, 6.45) is 10.0. The molecule has 0 aliphatic rings. The van der Waals surface area contributed by atoms with E-state index in [1.807, 2.05) is 6.20 Å². The maximum absolute atomic E-state index is 4.43. The van der Waals surface area contributed by atoms with Gasteiger partial charge in [-0.15, -0.1) is 0 Å². The van der Waals surface area contributed by atoms with E-state index in [0.717, 1.165) is 19.5 Å². The van der Waals surface area contributed by atoms with Crippen LogP contribution in [0.25, 0.3) is 0 Å². The molecule has 3 nitrogen and oxygen atoms in total. The molecule has 17 heavy (non-hydrogen) atoms. The van der Waals surface area contributed by atoms with E-state index >= 15 is 0 Å². The van der Waals surface area contributed by atoms with Gasteiger partial charge in [0.2, 0.25) is 0 Å². The van der Waals surface area contributed by atoms with E-state index in [1.165, 1.54) is 31.5 Å². The van der Waals surface area contributed by atoms with Crippen molar-refractivity contribution in [2.24, 2.45) is 0 Å². The lowest BCUT2D eigenvalue weighted by atomic mass is 10.1. The van der Waals surface area contributed by atoms with Crippen LogP contribution in [0.4, 0.5) is 0 Å². The number of rotatable bonds is 9. The summed E-state index contributed by atoms with van der Waals surface area (Å²) in [6, 6.07) is 0.655. The minimum Gasteiger partial charge on any atom is -0.335 e. The summed E-state index contributed by atoms with van der Waals surface area (Å²) in [7, 11) is 0. The van der Waals surface area contributed by atoms with Crippen LogP contribution in [0.3, 0.4) is 0 Å². The molecule has 0 fully saturated rings. The molecule has 0 bridgehead atoms. The first-order valence-electron chi connectivity index (χ1n) is 7.05. The van der Waals surface area contributed by atoms with Crippen LogP contribution < -0.4 is 5.32 Å². The molecule has 0 saturated heterocycles. The molecule has 1 aromatic rings. The van der Waals surface area contributed by atoms with E-state index < -0.39 is 0 Å². The van der Waals surface area contributed by atoms with Crippen LogP contribution in [0.15, 0.2) is 12.4 Å². The number of hydrogen-bond acceptors (Lipinski definition) is 2. The fourth-order valence-corrected chi connectivity index (χ4v) is 2.20. The van der Waals surface area contributed by atoms with Gasteiger partial charge in [-0.3, -0.25) is 0 Å². The van der Waals surface area contributed by atoms with Crippen molar-refractivity contribution in [3.05, 3.63) is 18.2 Å².